The second-order valence-corrected chi connectivity index (χ2v) is 10.7. The van der Waals surface area contributed by atoms with Gasteiger partial charge < -0.3 is 5.32 Å². The predicted octanol–water partition coefficient (Wildman–Crippen LogP) is 5.01. The van der Waals surface area contributed by atoms with E-state index in [4.69, 9.17) is 11.6 Å². The lowest BCUT2D eigenvalue weighted by Crippen LogP contribution is -2.30. The molecule has 2 fully saturated rings. The van der Waals surface area contributed by atoms with Crippen molar-refractivity contribution in [1.29, 1.82) is 0 Å². The Kier molecular flexibility index (Phi) is 7.13. The third kappa shape index (κ3) is 5.08. The van der Waals surface area contributed by atoms with Crippen molar-refractivity contribution in [2.45, 2.75) is 39.7 Å². The van der Waals surface area contributed by atoms with Gasteiger partial charge in [0, 0.05) is 29.8 Å². The first-order chi connectivity index (χ1) is 20.1. The molecule has 3 aromatic heterocycles. The summed E-state index contributed by atoms with van der Waals surface area (Å²) in [5.41, 5.74) is 0.554. The van der Waals surface area contributed by atoms with Gasteiger partial charge in [-0.05, 0) is 43.4 Å². The Balaban J connectivity index is 1.19. The monoisotopic (exact) mass is 596 g/mol. The zero-order valence-electron chi connectivity index (χ0n) is 22.5. The maximum Gasteiger partial charge on any atom is 0.276 e. The van der Waals surface area contributed by atoms with Crippen LogP contribution in [0.15, 0.2) is 36.8 Å². The summed E-state index contributed by atoms with van der Waals surface area (Å²) in [6.07, 6.45) is 2.42. The molecule has 1 saturated carbocycles. The maximum atomic E-state index is 14.8. The topological polar surface area (TPSA) is 119 Å². The third-order valence-corrected chi connectivity index (χ3v) is 7.71. The van der Waals surface area contributed by atoms with E-state index in [-0.39, 0.29) is 34.8 Å². The first-order valence-corrected chi connectivity index (χ1v) is 13.6. The number of alkyl halides is 2. The molecule has 0 unspecified atom stereocenters. The van der Waals surface area contributed by atoms with Crippen LogP contribution in [0.3, 0.4) is 0 Å². The minimum Gasteiger partial charge on any atom is -0.318 e. The molecular weight excluding hydrogens is 573 g/mol. The molecule has 2 atom stereocenters. The molecule has 14 heteroatoms. The molecule has 0 bridgehead atoms. The van der Waals surface area contributed by atoms with Crippen LogP contribution in [0.4, 0.5) is 24.7 Å². The van der Waals surface area contributed by atoms with E-state index in [1.807, 2.05) is 13.0 Å². The van der Waals surface area contributed by atoms with Crippen LogP contribution in [0, 0.1) is 24.6 Å². The molecule has 2 amide bonds. The summed E-state index contributed by atoms with van der Waals surface area (Å²) in [6, 6.07) is 3.90. The molecule has 216 valence electrons. The highest BCUT2D eigenvalue weighted by atomic mass is 35.5. The lowest BCUT2D eigenvalue weighted by atomic mass is 10.0. The fourth-order valence-electron chi connectivity index (χ4n) is 5.20. The SMILES string of the molecule is CCc1ncc(-c2c(C(F)F)ccc(Cl)c2F)nc1C(=O)Nc1cnn(Cc2cc(C)c(N3C[C@H]4C[C@H]4C3=O)nn2)c1. The van der Waals surface area contributed by atoms with Crippen molar-refractivity contribution in [3.63, 3.8) is 0 Å². The number of carbonyl (C=O) groups excluding carboxylic acids is 2. The quantitative estimate of drug-likeness (QED) is 0.304. The lowest BCUT2D eigenvalue weighted by molar-refractivity contribution is -0.118. The number of nitrogens with one attached hydrogen (secondary N) is 1. The maximum absolute atomic E-state index is 14.8. The first kappa shape index (κ1) is 27.8. The highest BCUT2D eigenvalue weighted by Crippen LogP contribution is 2.47. The highest BCUT2D eigenvalue weighted by Gasteiger charge is 2.53. The predicted molar refractivity (Wildman–Crippen MR) is 147 cm³/mol. The zero-order chi connectivity index (χ0) is 29.7. The number of hydrogen-bond donors (Lipinski definition) is 1. The molecule has 0 spiro atoms. The number of aryl methyl sites for hydroxylation is 2. The normalized spacial score (nSPS) is 17.6. The van der Waals surface area contributed by atoms with Gasteiger partial charge in [-0.15, -0.1) is 5.10 Å². The van der Waals surface area contributed by atoms with Gasteiger partial charge in [-0.1, -0.05) is 24.6 Å². The molecule has 4 aromatic rings. The van der Waals surface area contributed by atoms with E-state index in [0.29, 0.717) is 41.8 Å². The number of anilines is 2. The van der Waals surface area contributed by atoms with Crippen molar-refractivity contribution in [3.05, 3.63) is 75.8 Å². The molecular formula is C28H24ClF3N8O2. The van der Waals surface area contributed by atoms with Crippen molar-refractivity contribution < 1.29 is 22.8 Å². The van der Waals surface area contributed by atoms with Crippen molar-refractivity contribution in [3.8, 4) is 11.3 Å². The van der Waals surface area contributed by atoms with Crippen molar-refractivity contribution >= 4 is 34.9 Å². The fraction of sp³-hybridized carbons (Fsp3) is 0.321. The number of nitrogens with zero attached hydrogens (tertiary/aromatic N) is 7. The number of halogens is 4. The Morgan fingerprint density at radius 3 is 2.74 bits per heavy atom. The summed E-state index contributed by atoms with van der Waals surface area (Å²) in [5.74, 6) is -0.528. The van der Waals surface area contributed by atoms with Crippen LogP contribution in [0.1, 0.15) is 52.8 Å². The summed E-state index contributed by atoms with van der Waals surface area (Å²) in [4.78, 5) is 35.7. The Morgan fingerprint density at radius 1 is 1.24 bits per heavy atom. The van der Waals surface area contributed by atoms with Gasteiger partial charge in [0.25, 0.3) is 12.3 Å². The number of amides is 2. The van der Waals surface area contributed by atoms with Gasteiger partial charge >= 0.3 is 0 Å². The molecule has 1 aliphatic heterocycles. The van der Waals surface area contributed by atoms with Crippen LogP contribution < -0.4 is 10.2 Å². The lowest BCUT2D eigenvalue weighted by Gasteiger charge is -2.18. The average Bonchev–Trinajstić information content (AvgIpc) is 3.49. The smallest absolute Gasteiger partial charge is 0.276 e. The average molecular weight is 597 g/mol. The Hall–Kier alpha value is -4.39. The van der Waals surface area contributed by atoms with Crippen molar-refractivity contribution in [2.24, 2.45) is 11.8 Å². The van der Waals surface area contributed by atoms with Crippen LogP contribution in [0.25, 0.3) is 11.3 Å². The number of hydrogen-bond acceptors (Lipinski definition) is 7. The summed E-state index contributed by atoms with van der Waals surface area (Å²) in [6.45, 7) is 4.55. The van der Waals surface area contributed by atoms with Crippen molar-refractivity contribution in [1.82, 2.24) is 29.9 Å². The molecule has 1 N–H and O–H groups in total. The minimum absolute atomic E-state index is 0.103. The number of fused-ring (bicyclic) bond motifs is 1. The summed E-state index contributed by atoms with van der Waals surface area (Å²) in [7, 11) is 0. The van der Waals surface area contributed by atoms with Crippen molar-refractivity contribution in [2.75, 3.05) is 16.8 Å². The minimum atomic E-state index is -3.00. The molecule has 4 heterocycles. The second-order valence-electron chi connectivity index (χ2n) is 10.3. The van der Waals surface area contributed by atoms with E-state index in [0.717, 1.165) is 30.3 Å². The Morgan fingerprint density at radius 2 is 2.05 bits per heavy atom. The molecule has 10 nitrogen and oxygen atoms in total. The summed E-state index contributed by atoms with van der Waals surface area (Å²) in [5, 5.41) is 15.1. The summed E-state index contributed by atoms with van der Waals surface area (Å²) < 4.78 is 43.7. The summed E-state index contributed by atoms with van der Waals surface area (Å²) >= 11 is 5.85. The molecule has 42 heavy (non-hydrogen) atoms. The number of benzene rings is 1. The number of aromatic nitrogens is 6. The standard InChI is InChI=1S/C28H24ClF3N8O2/c1-3-20-24(36-21(9-33-20)22-17(25(31)32)4-5-19(29)23(22)30)27(41)35-16-8-34-39(12-16)11-15-6-13(2)26(38-37-15)40-10-14-7-18(14)28(40)42/h4-6,8-9,12,14,18,25H,3,7,10-11H2,1-2H3,(H,35,41)/t14-,18-/m1/s1. The Bertz CT molecular complexity index is 1730. The zero-order valence-corrected chi connectivity index (χ0v) is 23.2. The highest BCUT2D eigenvalue weighted by molar-refractivity contribution is 6.31. The first-order valence-electron chi connectivity index (χ1n) is 13.2. The largest absolute Gasteiger partial charge is 0.318 e. The van der Waals surface area contributed by atoms with Gasteiger partial charge in [0.05, 0.1) is 46.7 Å². The van der Waals surface area contributed by atoms with Gasteiger partial charge in [-0.25, -0.2) is 18.2 Å². The Labute approximate surface area is 242 Å². The van der Waals surface area contributed by atoms with Crippen LogP contribution in [-0.2, 0) is 17.8 Å². The molecule has 6 rings (SSSR count). The number of rotatable bonds is 8. The molecule has 2 aliphatic rings. The van der Waals surface area contributed by atoms with E-state index in [9.17, 15) is 22.8 Å². The van der Waals surface area contributed by atoms with E-state index >= 15 is 0 Å². The van der Waals surface area contributed by atoms with Crippen LogP contribution in [0.5, 0.6) is 0 Å². The van der Waals surface area contributed by atoms with Gasteiger partial charge in [0.2, 0.25) is 5.91 Å². The van der Waals surface area contributed by atoms with Gasteiger partial charge in [0.1, 0.15) is 0 Å². The van der Waals surface area contributed by atoms with E-state index in [1.54, 1.807) is 22.7 Å². The second kappa shape index (κ2) is 10.8. The van der Waals surface area contributed by atoms with E-state index in [1.165, 1.54) is 6.20 Å². The van der Waals surface area contributed by atoms with E-state index < -0.39 is 29.3 Å². The van der Waals surface area contributed by atoms with Crippen LogP contribution in [-0.4, -0.2) is 48.3 Å². The molecule has 1 saturated heterocycles. The fourth-order valence-corrected chi connectivity index (χ4v) is 5.36. The number of piperidine rings is 1. The molecule has 0 radical (unpaired) electrons. The van der Waals surface area contributed by atoms with E-state index in [2.05, 4.69) is 30.6 Å². The van der Waals surface area contributed by atoms with Gasteiger partial charge in [-0.2, -0.15) is 10.2 Å². The molecule has 1 aliphatic carbocycles. The van der Waals surface area contributed by atoms with Crippen LogP contribution in [0.2, 0.25) is 5.02 Å². The van der Waals surface area contributed by atoms with Gasteiger partial charge in [-0.3, -0.25) is 24.2 Å². The third-order valence-electron chi connectivity index (χ3n) is 7.42. The van der Waals surface area contributed by atoms with Gasteiger partial charge in [0.15, 0.2) is 17.3 Å². The van der Waals surface area contributed by atoms with Crippen LogP contribution >= 0.6 is 11.6 Å². The number of carbonyl (C=O) groups is 2. The molecule has 1 aromatic carbocycles.